The Bertz CT molecular complexity index is 495. The van der Waals surface area contributed by atoms with Crippen LogP contribution in [0.25, 0.3) is 0 Å². The van der Waals surface area contributed by atoms with Crippen LogP contribution in [0.1, 0.15) is 11.5 Å². The molecule has 0 spiro atoms. The first-order chi connectivity index (χ1) is 9.09. The Morgan fingerprint density at radius 1 is 1.26 bits per heavy atom. The fourth-order valence-corrected chi connectivity index (χ4v) is 3.40. The molecule has 0 saturated carbocycles. The van der Waals surface area contributed by atoms with Crippen molar-refractivity contribution in [3.63, 3.8) is 0 Å². The maximum Gasteiger partial charge on any atom is 0.237 e. The Morgan fingerprint density at radius 3 is 2.37 bits per heavy atom. The van der Waals surface area contributed by atoms with Crippen LogP contribution in [-0.2, 0) is 15.6 Å². The number of benzene rings is 1. The molecule has 1 unspecified atom stereocenters. The summed E-state index contributed by atoms with van der Waals surface area (Å²) in [7, 11) is -0.804. The van der Waals surface area contributed by atoms with Crippen LogP contribution < -0.4 is 5.73 Å². The van der Waals surface area contributed by atoms with E-state index in [0.29, 0.717) is 24.6 Å². The van der Waals surface area contributed by atoms with Gasteiger partial charge in [0.15, 0.2) is 0 Å². The average molecular weight is 296 g/mol. The molecule has 1 fully saturated rings. The number of hydrogen-bond donors (Lipinski definition) is 1. The number of hydrogen-bond acceptors (Lipinski definition) is 3. The molecule has 1 amide bonds. The van der Waals surface area contributed by atoms with E-state index in [4.69, 9.17) is 18.0 Å². The van der Waals surface area contributed by atoms with Crippen LogP contribution in [0.5, 0.6) is 0 Å². The van der Waals surface area contributed by atoms with E-state index in [-0.39, 0.29) is 10.9 Å². The lowest BCUT2D eigenvalue weighted by molar-refractivity contribution is -0.130. The minimum absolute atomic E-state index is 0.0876. The summed E-state index contributed by atoms with van der Waals surface area (Å²) in [6.45, 7) is 1.02. The topological polar surface area (TPSA) is 63.4 Å². The van der Waals surface area contributed by atoms with Gasteiger partial charge in [0.1, 0.15) is 5.92 Å². The van der Waals surface area contributed by atoms with Crippen molar-refractivity contribution in [1.29, 1.82) is 0 Å². The van der Waals surface area contributed by atoms with Gasteiger partial charge in [-0.25, -0.2) is 0 Å². The number of rotatable bonds is 3. The number of nitrogens with zero attached hydrogens (tertiary/aromatic N) is 1. The van der Waals surface area contributed by atoms with Crippen molar-refractivity contribution >= 4 is 33.9 Å². The lowest BCUT2D eigenvalue weighted by atomic mass is 9.97. The molecule has 0 bridgehead atoms. The Hall–Kier alpha value is -1.27. The highest BCUT2D eigenvalue weighted by atomic mass is 32.2. The number of amides is 1. The van der Waals surface area contributed by atoms with Crippen molar-refractivity contribution < 1.29 is 9.00 Å². The summed E-state index contributed by atoms with van der Waals surface area (Å²) in [5, 5.41) is 0. The second kappa shape index (κ2) is 6.25. The molecule has 1 aromatic rings. The molecular weight excluding hydrogens is 280 g/mol. The van der Waals surface area contributed by atoms with E-state index in [0.717, 1.165) is 5.56 Å². The van der Waals surface area contributed by atoms with Crippen molar-refractivity contribution in [3.8, 4) is 0 Å². The van der Waals surface area contributed by atoms with Crippen LogP contribution >= 0.6 is 12.2 Å². The summed E-state index contributed by atoms with van der Waals surface area (Å²) in [4.78, 5) is 14.4. The summed E-state index contributed by atoms with van der Waals surface area (Å²) in [6, 6.07) is 9.31. The third-order valence-electron chi connectivity index (χ3n) is 3.15. The van der Waals surface area contributed by atoms with Crippen LogP contribution in [-0.4, -0.2) is 44.6 Å². The van der Waals surface area contributed by atoms with Gasteiger partial charge < -0.3 is 10.6 Å². The highest BCUT2D eigenvalue weighted by molar-refractivity contribution is 7.85. The van der Waals surface area contributed by atoms with Gasteiger partial charge in [0, 0.05) is 35.4 Å². The zero-order valence-corrected chi connectivity index (χ0v) is 12.1. The van der Waals surface area contributed by atoms with Gasteiger partial charge in [0.05, 0.1) is 4.99 Å². The van der Waals surface area contributed by atoms with Crippen LogP contribution in [0.15, 0.2) is 30.3 Å². The SMILES string of the molecule is NC(=S)C(C(=O)N1CCS(=O)CC1)c1ccccc1. The Morgan fingerprint density at radius 2 is 1.84 bits per heavy atom. The van der Waals surface area contributed by atoms with Gasteiger partial charge in [-0.05, 0) is 5.56 Å². The van der Waals surface area contributed by atoms with Gasteiger partial charge in [0.2, 0.25) is 5.91 Å². The van der Waals surface area contributed by atoms with Crippen molar-refractivity contribution in [2.45, 2.75) is 5.92 Å². The van der Waals surface area contributed by atoms with E-state index in [1.54, 1.807) is 4.90 Å². The van der Waals surface area contributed by atoms with E-state index < -0.39 is 16.7 Å². The van der Waals surface area contributed by atoms with Crippen LogP contribution in [0.2, 0.25) is 0 Å². The zero-order valence-electron chi connectivity index (χ0n) is 10.5. The molecule has 2 N–H and O–H groups in total. The Labute approximate surface area is 120 Å². The van der Waals surface area contributed by atoms with Gasteiger partial charge >= 0.3 is 0 Å². The maximum absolute atomic E-state index is 12.5. The average Bonchev–Trinajstić information content (AvgIpc) is 2.40. The van der Waals surface area contributed by atoms with E-state index in [2.05, 4.69) is 0 Å². The summed E-state index contributed by atoms with van der Waals surface area (Å²) < 4.78 is 11.3. The summed E-state index contributed by atoms with van der Waals surface area (Å²) >= 11 is 5.04. The molecule has 4 nitrogen and oxygen atoms in total. The van der Waals surface area contributed by atoms with Gasteiger partial charge in [-0.3, -0.25) is 9.00 Å². The quantitative estimate of drug-likeness (QED) is 0.832. The fourth-order valence-electron chi connectivity index (χ4n) is 2.11. The van der Waals surface area contributed by atoms with Crippen LogP contribution in [0.4, 0.5) is 0 Å². The molecule has 2 rings (SSSR count). The molecule has 0 aliphatic carbocycles. The molecule has 102 valence electrons. The van der Waals surface area contributed by atoms with Gasteiger partial charge in [-0.2, -0.15) is 0 Å². The molecule has 1 aliphatic rings. The first kappa shape index (κ1) is 14.1. The predicted molar refractivity (Wildman–Crippen MR) is 80.4 cm³/mol. The van der Waals surface area contributed by atoms with E-state index in [1.807, 2.05) is 30.3 Å². The third kappa shape index (κ3) is 3.39. The number of thiocarbonyl (C=S) groups is 1. The maximum atomic E-state index is 12.5. The number of carbonyl (C=O) groups excluding carboxylic acids is 1. The molecule has 0 radical (unpaired) electrons. The van der Waals surface area contributed by atoms with Crippen LogP contribution in [0, 0.1) is 0 Å². The highest BCUT2D eigenvalue weighted by Crippen LogP contribution is 2.20. The summed E-state index contributed by atoms with van der Waals surface area (Å²) in [5.41, 5.74) is 6.54. The van der Waals surface area contributed by atoms with Gasteiger partial charge in [-0.1, -0.05) is 42.5 Å². The van der Waals surface area contributed by atoms with E-state index in [1.165, 1.54) is 0 Å². The molecule has 1 saturated heterocycles. The Kier molecular flexibility index (Phi) is 4.66. The second-order valence-corrected chi connectivity index (χ2v) is 6.59. The molecule has 0 aromatic heterocycles. The highest BCUT2D eigenvalue weighted by Gasteiger charge is 2.30. The van der Waals surface area contributed by atoms with Gasteiger partial charge in [-0.15, -0.1) is 0 Å². The van der Waals surface area contributed by atoms with Crippen molar-refractivity contribution in [2.75, 3.05) is 24.6 Å². The second-order valence-electron chi connectivity index (χ2n) is 4.42. The van der Waals surface area contributed by atoms with Crippen LogP contribution in [0.3, 0.4) is 0 Å². The van der Waals surface area contributed by atoms with E-state index in [9.17, 15) is 9.00 Å². The van der Waals surface area contributed by atoms with E-state index >= 15 is 0 Å². The summed E-state index contributed by atoms with van der Waals surface area (Å²) in [5.74, 6) is 0.396. The smallest absolute Gasteiger partial charge is 0.237 e. The first-order valence-electron chi connectivity index (χ1n) is 6.07. The fraction of sp³-hybridized carbons (Fsp3) is 0.385. The Balaban J connectivity index is 2.18. The lowest BCUT2D eigenvalue weighted by Gasteiger charge is -2.29. The van der Waals surface area contributed by atoms with Crippen molar-refractivity contribution in [2.24, 2.45) is 5.73 Å². The van der Waals surface area contributed by atoms with Crippen molar-refractivity contribution in [3.05, 3.63) is 35.9 Å². The standard InChI is InChI=1S/C13H16N2O2S2/c14-12(18)11(10-4-2-1-3-5-10)13(16)15-6-8-19(17)9-7-15/h1-5,11H,6-9H2,(H2,14,18). The summed E-state index contributed by atoms with van der Waals surface area (Å²) in [6.07, 6.45) is 0. The largest absolute Gasteiger partial charge is 0.392 e. The monoisotopic (exact) mass is 296 g/mol. The normalized spacial score (nSPS) is 18.0. The predicted octanol–water partition coefficient (Wildman–Crippen LogP) is 0.647. The molecule has 1 atom stereocenters. The zero-order chi connectivity index (χ0) is 13.8. The number of carbonyl (C=O) groups is 1. The molecule has 1 heterocycles. The minimum Gasteiger partial charge on any atom is -0.392 e. The molecule has 19 heavy (non-hydrogen) atoms. The molecule has 1 aromatic carbocycles. The van der Waals surface area contributed by atoms with Gasteiger partial charge in [0.25, 0.3) is 0 Å². The first-order valence-corrected chi connectivity index (χ1v) is 7.97. The molecule has 6 heteroatoms. The molecule has 1 aliphatic heterocycles. The third-order valence-corrected chi connectivity index (χ3v) is 4.67. The van der Waals surface area contributed by atoms with Crippen molar-refractivity contribution in [1.82, 2.24) is 4.90 Å². The minimum atomic E-state index is -0.804. The number of nitrogens with two attached hydrogens (primary N) is 1. The molecular formula is C13H16N2O2S2. The lowest BCUT2D eigenvalue weighted by Crippen LogP contribution is -2.46.